The van der Waals surface area contributed by atoms with Crippen molar-refractivity contribution in [3.63, 3.8) is 0 Å². The van der Waals surface area contributed by atoms with Crippen LogP contribution in [0.1, 0.15) is 36.6 Å². The molecule has 0 saturated heterocycles. The largest absolute Gasteiger partial charge is 0.396 e. The highest BCUT2D eigenvalue weighted by Crippen LogP contribution is 2.41. The standard InChI is InChI=1S/C16H21NO2/c1-3-16(7-8-18)15-12(6-9-19-16)13-10-11(2)4-5-14(13)17-15/h4-5,10,17-18H,3,6-9H2,1-2H3/t16-/m0/s1. The minimum atomic E-state index is -0.338. The number of aliphatic hydroxyl groups excluding tert-OH is 1. The molecule has 2 heterocycles. The van der Waals surface area contributed by atoms with Gasteiger partial charge in [-0.3, -0.25) is 0 Å². The van der Waals surface area contributed by atoms with Crippen LogP contribution in [0.5, 0.6) is 0 Å². The maximum Gasteiger partial charge on any atom is 0.110 e. The number of H-pyrrole nitrogens is 1. The van der Waals surface area contributed by atoms with E-state index in [2.05, 4.69) is 37.0 Å². The Balaban J connectivity index is 2.22. The van der Waals surface area contributed by atoms with E-state index >= 15 is 0 Å². The molecule has 0 bridgehead atoms. The average Bonchev–Trinajstić information content (AvgIpc) is 2.78. The maximum absolute atomic E-state index is 9.37. The van der Waals surface area contributed by atoms with Gasteiger partial charge in [0.1, 0.15) is 5.60 Å². The fourth-order valence-electron chi connectivity index (χ4n) is 3.26. The van der Waals surface area contributed by atoms with E-state index in [1.807, 2.05) is 0 Å². The third-order valence-corrected chi connectivity index (χ3v) is 4.33. The summed E-state index contributed by atoms with van der Waals surface area (Å²) in [5.41, 5.74) is 4.67. The van der Waals surface area contributed by atoms with Crippen LogP contribution < -0.4 is 0 Å². The summed E-state index contributed by atoms with van der Waals surface area (Å²) in [6.07, 6.45) is 2.49. The number of nitrogens with one attached hydrogen (secondary N) is 1. The van der Waals surface area contributed by atoms with E-state index in [-0.39, 0.29) is 12.2 Å². The van der Waals surface area contributed by atoms with Crippen molar-refractivity contribution in [3.8, 4) is 0 Å². The Morgan fingerprint density at radius 3 is 3.00 bits per heavy atom. The molecular weight excluding hydrogens is 238 g/mol. The first kappa shape index (κ1) is 12.7. The minimum absolute atomic E-state index is 0.154. The highest BCUT2D eigenvalue weighted by molar-refractivity contribution is 5.86. The molecule has 1 aromatic heterocycles. The Kier molecular flexibility index (Phi) is 3.11. The first-order chi connectivity index (χ1) is 9.20. The van der Waals surface area contributed by atoms with Crippen molar-refractivity contribution in [2.24, 2.45) is 0 Å². The first-order valence-corrected chi connectivity index (χ1v) is 7.06. The summed E-state index contributed by atoms with van der Waals surface area (Å²) < 4.78 is 6.05. The molecule has 3 rings (SSSR count). The molecule has 0 radical (unpaired) electrons. The molecule has 2 aromatic rings. The molecule has 0 aliphatic carbocycles. The Morgan fingerprint density at radius 1 is 1.42 bits per heavy atom. The van der Waals surface area contributed by atoms with Crippen LogP contribution in [-0.2, 0) is 16.8 Å². The highest BCUT2D eigenvalue weighted by Gasteiger charge is 2.38. The van der Waals surface area contributed by atoms with E-state index in [0.29, 0.717) is 6.42 Å². The molecule has 0 fully saturated rings. The van der Waals surface area contributed by atoms with Gasteiger partial charge in [-0.15, -0.1) is 0 Å². The number of aryl methyl sites for hydroxylation is 1. The highest BCUT2D eigenvalue weighted by atomic mass is 16.5. The summed E-state index contributed by atoms with van der Waals surface area (Å²) in [5, 5.41) is 10.7. The number of fused-ring (bicyclic) bond motifs is 3. The molecular formula is C16H21NO2. The second-order valence-corrected chi connectivity index (χ2v) is 5.45. The molecule has 0 saturated carbocycles. The van der Waals surface area contributed by atoms with Crippen LogP contribution in [0.3, 0.4) is 0 Å². The van der Waals surface area contributed by atoms with E-state index < -0.39 is 0 Å². The van der Waals surface area contributed by atoms with Gasteiger partial charge < -0.3 is 14.8 Å². The molecule has 3 heteroatoms. The lowest BCUT2D eigenvalue weighted by Crippen LogP contribution is -2.36. The summed E-state index contributed by atoms with van der Waals surface area (Å²) in [6.45, 7) is 5.14. The Hall–Kier alpha value is -1.32. The maximum atomic E-state index is 9.37. The van der Waals surface area contributed by atoms with Crippen LogP contribution in [-0.4, -0.2) is 23.3 Å². The molecule has 0 spiro atoms. The SMILES string of the molecule is CC[C@@]1(CCO)OCCc2c1[nH]c1ccc(C)cc21. The van der Waals surface area contributed by atoms with Crippen molar-refractivity contribution in [1.82, 2.24) is 4.98 Å². The van der Waals surface area contributed by atoms with E-state index in [4.69, 9.17) is 4.74 Å². The molecule has 1 atom stereocenters. The van der Waals surface area contributed by atoms with Gasteiger partial charge in [0.2, 0.25) is 0 Å². The van der Waals surface area contributed by atoms with Gasteiger partial charge in [0, 0.05) is 23.9 Å². The Bertz CT molecular complexity index is 602. The van der Waals surface area contributed by atoms with Gasteiger partial charge in [-0.05, 0) is 37.5 Å². The Labute approximate surface area is 113 Å². The number of aromatic nitrogens is 1. The fourth-order valence-corrected chi connectivity index (χ4v) is 3.26. The lowest BCUT2D eigenvalue weighted by Gasteiger charge is -2.36. The predicted molar refractivity (Wildman–Crippen MR) is 76.4 cm³/mol. The third kappa shape index (κ3) is 1.88. The van der Waals surface area contributed by atoms with Gasteiger partial charge in [0.25, 0.3) is 0 Å². The van der Waals surface area contributed by atoms with Crippen molar-refractivity contribution in [1.29, 1.82) is 0 Å². The minimum Gasteiger partial charge on any atom is -0.396 e. The molecule has 102 valence electrons. The van der Waals surface area contributed by atoms with Gasteiger partial charge in [-0.25, -0.2) is 0 Å². The molecule has 19 heavy (non-hydrogen) atoms. The van der Waals surface area contributed by atoms with Gasteiger partial charge in [0.15, 0.2) is 0 Å². The zero-order chi connectivity index (χ0) is 13.5. The number of rotatable bonds is 3. The zero-order valence-corrected chi connectivity index (χ0v) is 11.6. The second-order valence-electron chi connectivity index (χ2n) is 5.45. The predicted octanol–water partition coefficient (Wildman–Crippen LogP) is 3.04. The molecule has 2 N–H and O–H groups in total. The van der Waals surface area contributed by atoms with Gasteiger partial charge >= 0.3 is 0 Å². The normalized spacial score (nSPS) is 22.7. The van der Waals surface area contributed by atoms with Crippen molar-refractivity contribution in [3.05, 3.63) is 35.0 Å². The van der Waals surface area contributed by atoms with E-state index in [0.717, 1.165) is 19.4 Å². The lowest BCUT2D eigenvalue weighted by atomic mass is 9.86. The Morgan fingerprint density at radius 2 is 2.26 bits per heavy atom. The van der Waals surface area contributed by atoms with E-state index in [9.17, 15) is 5.11 Å². The van der Waals surface area contributed by atoms with Crippen molar-refractivity contribution >= 4 is 10.9 Å². The zero-order valence-electron chi connectivity index (χ0n) is 11.6. The topological polar surface area (TPSA) is 45.2 Å². The molecule has 0 amide bonds. The van der Waals surface area contributed by atoms with Crippen molar-refractivity contribution < 1.29 is 9.84 Å². The number of hydrogen-bond acceptors (Lipinski definition) is 2. The fraction of sp³-hybridized carbons (Fsp3) is 0.500. The van der Waals surface area contributed by atoms with Crippen LogP contribution in [0.2, 0.25) is 0 Å². The van der Waals surface area contributed by atoms with Crippen molar-refractivity contribution in [2.75, 3.05) is 13.2 Å². The smallest absolute Gasteiger partial charge is 0.110 e. The summed E-state index contributed by atoms with van der Waals surface area (Å²) in [7, 11) is 0. The first-order valence-electron chi connectivity index (χ1n) is 7.06. The van der Waals surface area contributed by atoms with Gasteiger partial charge in [-0.2, -0.15) is 0 Å². The quantitative estimate of drug-likeness (QED) is 0.890. The summed E-state index contributed by atoms with van der Waals surface area (Å²) >= 11 is 0. The summed E-state index contributed by atoms with van der Waals surface area (Å²) in [6, 6.07) is 6.52. The second kappa shape index (κ2) is 4.66. The average molecular weight is 259 g/mol. The number of aromatic amines is 1. The monoisotopic (exact) mass is 259 g/mol. The number of hydrogen-bond donors (Lipinski definition) is 2. The molecule has 1 aliphatic rings. The summed E-state index contributed by atoms with van der Waals surface area (Å²) in [5.74, 6) is 0. The molecule has 1 aromatic carbocycles. The van der Waals surface area contributed by atoms with Gasteiger partial charge in [-0.1, -0.05) is 18.6 Å². The van der Waals surface area contributed by atoms with Crippen LogP contribution >= 0.6 is 0 Å². The van der Waals surface area contributed by atoms with Crippen LogP contribution in [0, 0.1) is 6.92 Å². The van der Waals surface area contributed by atoms with Crippen molar-refractivity contribution in [2.45, 2.75) is 38.7 Å². The molecule has 0 unspecified atom stereocenters. The van der Waals surface area contributed by atoms with Gasteiger partial charge in [0.05, 0.1) is 12.3 Å². The number of benzene rings is 1. The molecule has 1 aliphatic heterocycles. The molecule has 3 nitrogen and oxygen atoms in total. The van der Waals surface area contributed by atoms with Crippen LogP contribution in [0.15, 0.2) is 18.2 Å². The third-order valence-electron chi connectivity index (χ3n) is 4.33. The number of aliphatic hydroxyl groups is 1. The van der Waals surface area contributed by atoms with Crippen LogP contribution in [0.25, 0.3) is 10.9 Å². The van der Waals surface area contributed by atoms with E-state index in [1.165, 1.54) is 27.7 Å². The van der Waals surface area contributed by atoms with Crippen LogP contribution in [0.4, 0.5) is 0 Å². The summed E-state index contributed by atoms with van der Waals surface area (Å²) in [4.78, 5) is 3.53. The lowest BCUT2D eigenvalue weighted by molar-refractivity contribution is -0.0795. The number of ether oxygens (including phenoxy) is 1. The van der Waals surface area contributed by atoms with E-state index in [1.54, 1.807) is 0 Å².